The van der Waals surface area contributed by atoms with E-state index in [4.69, 9.17) is 0 Å². The first-order chi connectivity index (χ1) is 10.3. The van der Waals surface area contributed by atoms with E-state index in [1.54, 1.807) is 17.3 Å². The van der Waals surface area contributed by atoms with Gasteiger partial charge in [-0.2, -0.15) is 0 Å². The van der Waals surface area contributed by atoms with Crippen molar-refractivity contribution in [1.29, 1.82) is 0 Å². The van der Waals surface area contributed by atoms with Crippen molar-refractivity contribution in [2.45, 2.75) is 19.4 Å². The van der Waals surface area contributed by atoms with Crippen molar-refractivity contribution in [1.82, 2.24) is 9.88 Å². The lowest BCUT2D eigenvalue weighted by Gasteiger charge is -2.25. The van der Waals surface area contributed by atoms with Gasteiger partial charge in [0.25, 0.3) is 0 Å². The van der Waals surface area contributed by atoms with Crippen LogP contribution in [0.15, 0.2) is 54.9 Å². The van der Waals surface area contributed by atoms with Gasteiger partial charge in [-0.1, -0.05) is 30.3 Å². The van der Waals surface area contributed by atoms with Crippen molar-refractivity contribution in [3.8, 4) is 0 Å². The normalized spacial score (nSPS) is 10.9. The van der Waals surface area contributed by atoms with Crippen molar-refractivity contribution in [3.05, 3.63) is 66.0 Å². The molecular formula is C17H22Cl2N2O2. The smallest absolute Gasteiger partial charge is 0.232 e. The van der Waals surface area contributed by atoms with Crippen LogP contribution in [0.5, 0.6) is 0 Å². The number of hydrogen-bond donors (Lipinski definition) is 1. The Hall–Kier alpha value is -1.62. The Morgan fingerprint density at radius 3 is 2.26 bits per heavy atom. The van der Waals surface area contributed by atoms with Crippen molar-refractivity contribution < 1.29 is 9.90 Å². The van der Waals surface area contributed by atoms with Gasteiger partial charge in [0.2, 0.25) is 5.91 Å². The summed E-state index contributed by atoms with van der Waals surface area (Å²) in [4.78, 5) is 18.4. The molecule has 0 fully saturated rings. The number of rotatable bonds is 6. The minimum Gasteiger partial charge on any atom is -0.395 e. The van der Waals surface area contributed by atoms with E-state index < -0.39 is 5.92 Å². The lowest BCUT2D eigenvalue weighted by atomic mass is 9.98. The molecule has 0 bridgehead atoms. The molecule has 1 aromatic heterocycles. The first-order valence-corrected chi connectivity index (χ1v) is 7.09. The van der Waals surface area contributed by atoms with Gasteiger partial charge in [-0.05, 0) is 30.2 Å². The zero-order valence-corrected chi connectivity index (χ0v) is 14.6. The first kappa shape index (κ1) is 21.4. The Balaban J connectivity index is 0.00000242. The minimum atomic E-state index is -0.506. The van der Waals surface area contributed by atoms with E-state index in [9.17, 15) is 9.90 Å². The van der Waals surface area contributed by atoms with Gasteiger partial charge in [-0.15, -0.1) is 24.8 Å². The minimum absolute atomic E-state index is 0. The average Bonchev–Trinajstić information content (AvgIpc) is 2.55. The number of halogens is 2. The summed E-state index contributed by atoms with van der Waals surface area (Å²) in [7, 11) is 0. The Kier molecular flexibility index (Phi) is 10.2. The highest BCUT2D eigenvalue weighted by molar-refractivity contribution is 5.85. The lowest BCUT2D eigenvalue weighted by Crippen LogP contribution is -2.36. The van der Waals surface area contributed by atoms with Gasteiger partial charge in [-0.25, -0.2) is 0 Å². The fourth-order valence-electron chi connectivity index (χ4n) is 2.29. The van der Waals surface area contributed by atoms with E-state index in [0.717, 1.165) is 11.1 Å². The third kappa shape index (κ3) is 5.82. The van der Waals surface area contributed by atoms with Gasteiger partial charge in [0.05, 0.1) is 12.5 Å². The number of benzene rings is 1. The van der Waals surface area contributed by atoms with Crippen LogP contribution in [0.1, 0.15) is 24.0 Å². The Bertz CT molecular complexity index is 567. The number of aliphatic hydroxyl groups excluding tert-OH is 1. The van der Waals surface area contributed by atoms with Crippen LogP contribution in [0.3, 0.4) is 0 Å². The quantitative estimate of drug-likeness (QED) is 0.865. The Morgan fingerprint density at radius 2 is 1.74 bits per heavy atom. The fourth-order valence-corrected chi connectivity index (χ4v) is 2.29. The molecule has 2 rings (SSSR count). The molecular weight excluding hydrogens is 335 g/mol. The molecule has 1 amide bonds. The number of nitrogens with zero attached hydrogens (tertiary/aromatic N) is 2. The molecule has 6 heteroatoms. The van der Waals surface area contributed by atoms with Gasteiger partial charge in [-0.3, -0.25) is 9.78 Å². The lowest BCUT2D eigenvalue weighted by molar-refractivity contribution is -0.134. The molecule has 126 valence electrons. The van der Waals surface area contributed by atoms with Gasteiger partial charge < -0.3 is 10.0 Å². The summed E-state index contributed by atoms with van der Waals surface area (Å²) in [6.07, 6.45) is 3.43. The molecule has 0 saturated carbocycles. The molecule has 2 aromatic rings. The summed E-state index contributed by atoms with van der Waals surface area (Å²) in [6, 6.07) is 13.2. The van der Waals surface area contributed by atoms with E-state index in [1.807, 2.05) is 49.4 Å². The molecule has 4 nitrogen and oxygen atoms in total. The van der Waals surface area contributed by atoms with Gasteiger partial charge in [0.1, 0.15) is 0 Å². The van der Waals surface area contributed by atoms with Crippen LogP contribution in [-0.4, -0.2) is 34.0 Å². The van der Waals surface area contributed by atoms with E-state index in [2.05, 4.69) is 4.98 Å². The summed E-state index contributed by atoms with van der Waals surface area (Å²) < 4.78 is 0. The van der Waals surface area contributed by atoms with Crippen LogP contribution >= 0.6 is 24.8 Å². The number of pyridine rings is 1. The topological polar surface area (TPSA) is 53.4 Å². The van der Waals surface area contributed by atoms with E-state index in [0.29, 0.717) is 13.1 Å². The largest absolute Gasteiger partial charge is 0.395 e. The zero-order valence-electron chi connectivity index (χ0n) is 13.0. The second-order valence-corrected chi connectivity index (χ2v) is 4.85. The molecule has 0 saturated heterocycles. The number of aliphatic hydroxyl groups is 1. The van der Waals surface area contributed by atoms with E-state index >= 15 is 0 Å². The van der Waals surface area contributed by atoms with Crippen LogP contribution < -0.4 is 0 Å². The predicted octanol–water partition coefficient (Wildman–Crippen LogP) is 3.05. The first-order valence-electron chi connectivity index (χ1n) is 7.09. The molecule has 1 N–H and O–H groups in total. The van der Waals surface area contributed by atoms with Crippen LogP contribution in [0, 0.1) is 0 Å². The molecule has 0 aliphatic heterocycles. The van der Waals surface area contributed by atoms with Crippen LogP contribution in [-0.2, 0) is 11.3 Å². The van der Waals surface area contributed by atoms with Crippen LogP contribution in [0.2, 0.25) is 0 Å². The Labute approximate surface area is 149 Å². The third-order valence-corrected chi connectivity index (χ3v) is 3.50. The maximum absolute atomic E-state index is 12.7. The Morgan fingerprint density at radius 1 is 1.13 bits per heavy atom. The number of aromatic nitrogens is 1. The number of likely N-dealkylation sites (N-methyl/N-ethyl adjacent to an activating group) is 1. The second kappa shape index (κ2) is 11.0. The summed E-state index contributed by atoms with van der Waals surface area (Å²) in [5, 5.41) is 9.60. The van der Waals surface area contributed by atoms with Crippen LogP contribution in [0.4, 0.5) is 0 Å². The summed E-state index contributed by atoms with van der Waals surface area (Å²) in [5.74, 6) is -0.559. The third-order valence-electron chi connectivity index (χ3n) is 3.50. The highest BCUT2D eigenvalue weighted by Gasteiger charge is 2.24. The predicted molar refractivity (Wildman–Crippen MR) is 96.1 cm³/mol. The van der Waals surface area contributed by atoms with E-state index in [1.165, 1.54) is 0 Å². The number of hydrogen-bond acceptors (Lipinski definition) is 3. The fraction of sp³-hybridized carbons (Fsp3) is 0.294. The van der Waals surface area contributed by atoms with Gasteiger partial charge >= 0.3 is 0 Å². The standard InChI is InChI=1S/C17H20N2O2.2ClH/c1-2-19(12-14-8-10-18-11-9-14)17(21)16(13-20)15-6-4-3-5-7-15;;/h3-11,16,20H,2,12-13H2,1H3;2*1H. The molecule has 1 atom stereocenters. The van der Waals surface area contributed by atoms with Crippen molar-refractivity contribution >= 4 is 30.7 Å². The number of carbonyl (C=O) groups excluding carboxylic acids is 1. The zero-order chi connectivity index (χ0) is 15.1. The average molecular weight is 357 g/mol. The highest BCUT2D eigenvalue weighted by Crippen LogP contribution is 2.19. The maximum atomic E-state index is 12.7. The van der Waals surface area contributed by atoms with Crippen molar-refractivity contribution in [3.63, 3.8) is 0 Å². The molecule has 1 unspecified atom stereocenters. The molecule has 0 aliphatic carbocycles. The molecule has 0 aliphatic rings. The highest BCUT2D eigenvalue weighted by atomic mass is 35.5. The SMILES string of the molecule is CCN(Cc1ccncc1)C(=O)C(CO)c1ccccc1.Cl.Cl. The van der Waals surface area contributed by atoms with Crippen LogP contribution in [0.25, 0.3) is 0 Å². The number of carbonyl (C=O) groups is 1. The molecule has 0 radical (unpaired) electrons. The molecule has 0 spiro atoms. The maximum Gasteiger partial charge on any atom is 0.232 e. The van der Waals surface area contributed by atoms with Crippen molar-refractivity contribution in [2.24, 2.45) is 0 Å². The summed E-state index contributed by atoms with van der Waals surface area (Å²) in [6.45, 7) is 2.89. The molecule has 1 aromatic carbocycles. The van der Waals surface area contributed by atoms with Gasteiger partial charge in [0, 0.05) is 25.5 Å². The molecule has 1 heterocycles. The monoisotopic (exact) mass is 356 g/mol. The summed E-state index contributed by atoms with van der Waals surface area (Å²) >= 11 is 0. The second-order valence-electron chi connectivity index (χ2n) is 4.85. The van der Waals surface area contributed by atoms with Gasteiger partial charge in [0.15, 0.2) is 0 Å². The number of amides is 1. The summed E-state index contributed by atoms with van der Waals surface area (Å²) in [5.41, 5.74) is 1.88. The van der Waals surface area contributed by atoms with Crippen molar-refractivity contribution in [2.75, 3.05) is 13.2 Å². The molecule has 23 heavy (non-hydrogen) atoms. The van der Waals surface area contributed by atoms with E-state index in [-0.39, 0.29) is 37.3 Å².